The van der Waals surface area contributed by atoms with E-state index in [0.717, 1.165) is 37.3 Å². The Morgan fingerprint density at radius 1 is 1.17 bits per heavy atom. The Balaban J connectivity index is 1.80. The first-order valence-corrected chi connectivity index (χ1v) is 9.12. The highest BCUT2D eigenvalue weighted by molar-refractivity contribution is 6.35. The molecule has 0 unspecified atom stereocenters. The molecule has 0 radical (unpaired) electrons. The second kappa shape index (κ2) is 7.87. The molecule has 128 valence electrons. The second-order valence-corrected chi connectivity index (χ2v) is 7.23. The lowest BCUT2D eigenvalue weighted by molar-refractivity contribution is 0.445. The zero-order valence-corrected chi connectivity index (χ0v) is 15.6. The number of benzene rings is 1. The average molecular weight is 386 g/mol. The molecule has 1 aliphatic rings. The molecule has 1 fully saturated rings. The molecule has 1 atom stereocenters. The van der Waals surface area contributed by atoms with Gasteiger partial charge in [0.15, 0.2) is 0 Å². The van der Waals surface area contributed by atoms with E-state index in [-0.39, 0.29) is 6.04 Å². The summed E-state index contributed by atoms with van der Waals surface area (Å²) in [5.74, 6) is 1.86. The van der Waals surface area contributed by atoms with Crippen molar-refractivity contribution in [3.8, 4) is 0 Å². The number of aromatic nitrogens is 2. The van der Waals surface area contributed by atoms with Crippen molar-refractivity contribution in [2.75, 3.05) is 18.4 Å². The maximum atomic E-state index is 6.29. The maximum Gasteiger partial charge on any atom is 0.149 e. The van der Waals surface area contributed by atoms with Crippen LogP contribution < -0.4 is 10.6 Å². The monoisotopic (exact) mass is 384 g/mol. The van der Waals surface area contributed by atoms with Crippen molar-refractivity contribution in [3.63, 3.8) is 0 Å². The van der Waals surface area contributed by atoms with Gasteiger partial charge in [0.25, 0.3) is 0 Å². The van der Waals surface area contributed by atoms with Gasteiger partial charge in [0, 0.05) is 16.0 Å². The van der Waals surface area contributed by atoms with Crippen LogP contribution in [0, 0.1) is 0 Å². The van der Waals surface area contributed by atoms with E-state index < -0.39 is 0 Å². The number of nitrogens with one attached hydrogen (secondary N) is 2. The molecule has 2 heterocycles. The lowest BCUT2D eigenvalue weighted by Crippen LogP contribution is -2.27. The summed E-state index contributed by atoms with van der Waals surface area (Å²) in [4.78, 5) is 9.08. The van der Waals surface area contributed by atoms with Crippen LogP contribution >= 0.6 is 34.8 Å². The van der Waals surface area contributed by atoms with Crippen LogP contribution in [0.4, 0.5) is 5.82 Å². The molecule has 2 N–H and O–H groups in total. The summed E-state index contributed by atoms with van der Waals surface area (Å²) in [5, 5.41) is 8.43. The van der Waals surface area contributed by atoms with Gasteiger partial charge in [0.05, 0.1) is 12.2 Å². The standard InChI is InChI=1S/C17H19Cl3N4/c1-10(13-3-2-12(18)8-14(13)19)23-17-15(20)9-22-16(24-17)11-4-6-21-7-5-11/h2-3,8-11,21H,4-7H2,1H3,(H,22,23,24)/t10-/m1/s1. The Morgan fingerprint density at radius 2 is 1.92 bits per heavy atom. The van der Waals surface area contributed by atoms with Crippen LogP contribution in [-0.4, -0.2) is 23.1 Å². The SMILES string of the molecule is C[C@@H](Nc1nc(C2CCNCC2)ncc1Cl)c1ccc(Cl)cc1Cl. The summed E-state index contributed by atoms with van der Waals surface area (Å²) < 4.78 is 0. The van der Waals surface area contributed by atoms with Gasteiger partial charge in [-0.3, -0.25) is 0 Å². The van der Waals surface area contributed by atoms with E-state index in [2.05, 4.69) is 20.6 Å². The number of halogens is 3. The summed E-state index contributed by atoms with van der Waals surface area (Å²) in [6, 6.07) is 5.41. The van der Waals surface area contributed by atoms with Crippen molar-refractivity contribution in [2.24, 2.45) is 0 Å². The number of anilines is 1. The molecule has 3 rings (SSSR count). The van der Waals surface area contributed by atoms with Crippen molar-refractivity contribution in [1.29, 1.82) is 0 Å². The van der Waals surface area contributed by atoms with E-state index in [0.29, 0.717) is 26.8 Å². The van der Waals surface area contributed by atoms with Crippen molar-refractivity contribution < 1.29 is 0 Å². The van der Waals surface area contributed by atoms with Gasteiger partial charge in [-0.25, -0.2) is 9.97 Å². The van der Waals surface area contributed by atoms with Gasteiger partial charge in [0.2, 0.25) is 0 Å². The van der Waals surface area contributed by atoms with Gasteiger partial charge in [0.1, 0.15) is 16.7 Å². The largest absolute Gasteiger partial charge is 0.362 e. The molecule has 1 saturated heterocycles. The molecule has 1 aromatic heterocycles. The normalized spacial score (nSPS) is 16.8. The van der Waals surface area contributed by atoms with Gasteiger partial charge < -0.3 is 10.6 Å². The Labute approximate surface area is 156 Å². The first-order chi connectivity index (χ1) is 11.5. The van der Waals surface area contributed by atoms with Crippen LogP contribution in [0.25, 0.3) is 0 Å². The van der Waals surface area contributed by atoms with Gasteiger partial charge in [-0.2, -0.15) is 0 Å². The van der Waals surface area contributed by atoms with Gasteiger partial charge in [-0.15, -0.1) is 0 Å². The van der Waals surface area contributed by atoms with Gasteiger partial charge in [-0.05, 0) is 50.6 Å². The Morgan fingerprint density at radius 3 is 2.62 bits per heavy atom. The zero-order valence-electron chi connectivity index (χ0n) is 13.3. The number of hydrogen-bond acceptors (Lipinski definition) is 4. The van der Waals surface area contributed by atoms with E-state index in [9.17, 15) is 0 Å². The van der Waals surface area contributed by atoms with Crippen molar-refractivity contribution in [2.45, 2.75) is 31.7 Å². The maximum absolute atomic E-state index is 6.29. The van der Waals surface area contributed by atoms with Crippen molar-refractivity contribution in [1.82, 2.24) is 15.3 Å². The fourth-order valence-corrected chi connectivity index (χ4v) is 3.61. The van der Waals surface area contributed by atoms with E-state index in [1.807, 2.05) is 19.1 Å². The third kappa shape index (κ3) is 4.12. The predicted octanol–water partition coefficient (Wildman–Crippen LogP) is 5.08. The summed E-state index contributed by atoms with van der Waals surface area (Å²) in [5.41, 5.74) is 0.944. The number of piperidine rings is 1. The molecular weight excluding hydrogens is 367 g/mol. The average Bonchev–Trinajstić information content (AvgIpc) is 2.57. The van der Waals surface area contributed by atoms with Crippen LogP contribution in [-0.2, 0) is 0 Å². The fraction of sp³-hybridized carbons (Fsp3) is 0.412. The summed E-state index contributed by atoms with van der Waals surface area (Å²) in [6.45, 7) is 4.00. The molecule has 4 nitrogen and oxygen atoms in total. The molecule has 0 amide bonds. The van der Waals surface area contributed by atoms with E-state index >= 15 is 0 Å². The molecule has 24 heavy (non-hydrogen) atoms. The van der Waals surface area contributed by atoms with Crippen molar-refractivity contribution >= 4 is 40.6 Å². The zero-order chi connectivity index (χ0) is 17.1. The lowest BCUT2D eigenvalue weighted by Gasteiger charge is -2.23. The first kappa shape index (κ1) is 17.7. The van der Waals surface area contributed by atoms with Crippen LogP contribution in [0.15, 0.2) is 24.4 Å². The van der Waals surface area contributed by atoms with E-state index in [1.54, 1.807) is 12.3 Å². The van der Waals surface area contributed by atoms with E-state index in [4.69, 9.17) is 34.8 Å². The van der Waals surface area contributed by atoms with Crippen LogP contribution in [0.1, 0.15) is 43.1 Å². The molecule has 0 bridgehead atoms. The van der Waals surface area contributed by atoms with E-state index in [1.165, 1.54) is 0 Å². The molecule has 1 aromatic carbocycles. The first-order valence-electron chi connectivity index (χ1n) is 7.99. The van der Waals surface area contributed by atoms with Crippen LogP contribution in [0.5, 0.6) is 0 Å². The molecule has 7 heteroatoms. The highest BCUT2D eigenvalue weighted by atomic mass is 35.5. The van der Waals surface area contributed by atoms with Crippen molar-refractivity contribution in [3.05, 3.63) is 50.9 Å². The molecule has 0 saturated carbocycles. The third-order valence-electron chi connectivity index (χ3n) is 4.25. The predicted molar refractivity (Wildman–Crippen MR) is 100 cm³/mol. The molecule has 0 aliphatic carbocycles. The molecule has 1 aliphatic heterocycles. The Bertz CT molecular complexity index is 717. The molecule has 0 spiro atoms. The Hall–Kier alpha value is -1.07. The highest BCUT2D eigenvalue weighted by Gasteiger charge is 2.20. The smallest absolute Gasteiger partial charge is 0.149 e. The topological polar surface area (TPSA) is 49.8 Å². The summed E-state index contributed by atoms with van der Waals surface area (Å²) >= 11 is 18.5. The molecular formula is C17H19Cl3N4. The summed E-state index contributed by atoms with van der Waals surface area (Å²) in [6.07, 6.45) is 3.75. The summed E-state index contributed by atoms with van der Waals surface area (Å²) in [7, 11) is 0. The Kier molecular flexibility index (Phi) is 5.82. The quantitative estimate of drug-likeness (QED) is 0.771. The second-order valence-electron chi connectivity index (χ2n) is 5.98. The van der Waals surface area contributed by atoms with Crippen LogP contribution in [0.3, 0.4) is 0 Å². The van der Waals surface area contributed by atoms with Crippen LogP contribution in [0.2, 0.25) is 15.1 Å². The third-order valence-corrected chi connectivity index (χ3v) is 5.09. The number of nitrogens with zero attached hydrogens (tertiary/aromatic N) is 2. The number of rotatable bonds is 4. The minimum atomic E-state index is -0.0527. The molecule has 2 aromatic rings. The minimum absolute atomic E-state index is 0.0527. The highest BCUT2D eigenvalue weighted by Crippen LogP contribution is 2.31. The lowest BCUT2D eigenvalue weighted by atomic mass is 9.97. The fourth-order valence-electron chi connectivity index (χ4n) is 2.89. The minimum Gasteiger partial charge on any atom is -0.362 e. The van der Waals surface area contributed by atoms with Gasteiger partial charge >= 0.3 is 0 Å². The number of hydrogen-bond donors (Lipinski definition) is 2. The van der Waals surface area contributed by atoms with Gasteiger partial charge in [-0.1, -0.05) is 40.9 Å².